The third kappa shape index (κ3) is 4.46. The van der Waals surface area contributed by atoms with E-state index in [1.54, 1.807) is 10.6 Å². The van der Waals surface area contributed by atoms with Crippen molar-refractivity contribution in [2.24, 2.45) is 0 Å². The predicted molar refractivity (Wildman–Crippen MR) is 132 cm³/mol. The molecule has 0 aliphatic carbocycles. The number of amides is 1. The Morgan fingerprint density at radius 3 is 2.41 bits per heavy atom. The molecule has 0 saturated heterocycles. The number of nitrogens with zero attached hydrogens (tertiary/aromatic N) is 2. The molecule has 6 heteroatoms. The second-order valence-electron chi connectivity index (χ2n) is 7.96. The maximum absolute atomic E-state index is 13.4. The molecule has 1 aromatic heterocycles. The fourth-order valence-electron chi connectivity index (χ4n) is 3.43. The van der Waals surface area contributed by atoms with E-state index in [0.717, 1.165) is 28.1 Å². The molecule has 0 saturated carbocycles. The predicted octanol–water partition coefficient (Wildman–Crippen LogP) is 5.43. The van der Waals surface area contributed by atoms with Crippen LogP contribution in [0.25, 0.3) is 16.6 Å². The Morgan fingerprint density at radius 2 is 1.66 bits per heavy atom. The number of nitrogens with one attached hydrogen (secondary N) is 1. The fourth-order valence-corrected chi connectivity index (χ4v) is 4.36. The van der Waals surface area contributed by atoms with Crippen LogP contribution in [0.5, 0.6) is 0 Å². The molecular weight excluding hydrogens is 418 g/mol. The maximum atomic E-state index is 13.4. The average molecular weight is 444 g/mol. The summed E-state index contributed by atoms with van der Waals surface area (Å²) in [4.78, 5) is 31.1. The van der Waals surface area contributed by atoms with Crippen molar-refractivity contribution in [3.8, 4) is 5.69 Å². The van der Waals surface area contributed by atoms with E-state index >= 15 is 0 Å². The van der Waals surface area contributed by atoms with Gasteiger partial charge in [0.05, 0.1) is 21.8 Å². The normalized spacial score (nSPS) is 12.0. The first-order valence-corrected chi connectivity index (χ1v) is 11.3. The molecular formula is C26H25N3O2S. The minimum absolute atomic E-state index is 0.137. The van der Waals surface area contributed by atoms with Crippen molar-refractivity contribution in [1.29, 1.82) is 0 Å². The number of hydrogen-bond donors (Lipinski definition) is 1. The molecule has 0 aliphatic rings. The van der Waals surface area contributed by atoms with Gasteiger partial charge in [-0.1, -0.05) is 53.7 Å². The van der Waals surface area contributed by atoms with E-state index < -0.39 is 5.25 Å². The molecule has 1 amide bonds. The lowest BCUT2D eigenvalue weighted by atomic mass is 10.1. The van der Waals surface area contributed by atoms with Crippen LogP contribution in [-0.2, 0) is 4.79 Å². The molecule has 0 fully saturated rings. The number of carbonyl (C=O) groups excluding carboxylic acids is 1. The smallest absolute Gasteiger partial charge is 0.266 e. The van der Waals surface area contributed by atoms with E-state index in [2.05, 4.69) is 5.32 Å². The number of para-hydroxylation sites is 1. The summed E-state index contributed by atoms with van der Waals surface area (Å²) in [5.74, 6) is -0.137. The van der Waals surface area contributed by atoms with Crippen molar-refractivity contribution in [2.75, 3.05) is 5.32 Å². The summed E-state index contributed by atoms with van der Waals surface area (Å²) >= 11 is 1.28. The fraction of sp³-hybridized carbons (Fsp3) is 0.192. The molecule has 1 heterocycles. The number of thioether (sulfide) groups is 1. The Labute approximate surface area is 191 Å². The van der Waals surface area contributed by atoms with Gasteiger partial charge in [-0.3, -0.25) is 14.2 Å². The van der Waals surface area contributed by atoms with Crippen LogP contribution in [0.4, 0.5) is 5.69 Å². The van der Waals surface area contributed by atoms with E-state index in [1.807, 2.05) is 88.4 Å². The lowest BCUT2D eigenvalue weighted by Gasteiger charge is -2.17. The van der Waals surface area contributed by atoms with Crippen LogP contribution in [0, 0.1) is 20.8 Å². The summed E-state index contributed by atoms with van der Waals surface area (Å²) in [5.41, 5.74) is 5.17. The number of aromatic nitrogens is 2. The first kappa shape index (κ1) is 21.8. The van der Waals surface area contributed by atoms with Gasteiger partial charge in [-0.25, -0.2) is 4.98 Å². The highest BCUT2D eigenvalue weighted by Crippen LogP contribution is 2.26. The van der Waals surface area contributed by atoms with Crippen LogP contribution in [0.1, 0.15) is 23.6 Å². The minimum Gasteiger partial charge on any atom is -0.325 e. The molecule has 1 unspecified atom stereocenters. The Morgan fingerprint density at radius 1 is 0.969 bits per heavy atom. The quantitative estimate of drug-likeness (QED) is 0.330. The second kappa shape index (κ2) is 9.01. The minimum atomic E-state index is -0.459. The van der Waals surface area contributed by atoms with Crippen LogP contribution in [0.2, 0.25) is 0 Å². The first-order chi connectivity index (χ1) is 15.3. The van der Waals surface area contributed by atoms with Crippen molar-refractivity contribution in [2.45, 2.75) is 38.1 Å². The van der Waals surface area contributed by atoms with Crippen LogP contribution in [0.15, 0.2) is 76.7 Å². The molecule has 0 radical (unpaired) electrons. The molecule has 0 bridgehead atoms. The van der Waals surface area contributed by atoms with Gasteiger partial charge in [-0.15, -0.1) is 0 Å². The Hall–Kier alpha value is -3.38. The largest absolute Gasteiger partial charge is 0.325 e. The number of rotatable bonds is 5. The number of anilines is 1. The molecule has 3 aromatic carbocycles. The van der Waals surface area contributed by atoms with Crippen LogP contribution in [0.3, 0.4) is 0 Å². The van der Waals surface area contributed by atoms with E-state index in [9.17, 15) is 9.59 Å². The highest BCUT2D eigenvalue weighted by molar-refractivity contribution is 8.00. The van der Waals surface area contributed by atoms with E-state index in [-0.39, 0.29) is 11.5 Å². The summed E-state index contributed by atoms with van der Waals surface area (Å²) in [6.07, 6.45) is 0. The molecule has 0 aliphatic heterocycles. The molecule has 1 N–H and O–H groups in total. The number of aryl methyl sites for hydroxylation is 3. The van der Waals surface area contributed by atoms with E-state index in [0.29, 0.717) is 16.1 Å². The molecule has 32 heavy (non-hydrogen) atoms. The van der Waals surface area contributed by atoms with Crippen molar-refractivity contribution in [3.05, 3.63) is 93.8 Å². The standard InChI is InChI=1S/C26H25N3O2S/c1-16-10-13-20(14-11-16)29-25(31)21-7-5-6-8-22(21)28-26(29)32-19(4)24(30)27-23-15-17(2)9-12-18(23)3/h5-15,19H,1-4H3,(H,27,30). The van der Waals surface area contributed by atoms with Crippen molar-refractivity contribution in [1.82, 2.24) is 9.55 Å². The summed E-state index contributed by atoms with van der Waals surface area (Å²) < 4.78 is 1.59. The monoisotopic (exact) mass is 443 g/mol. The van der Waals surface area contributed by atoms with E-state index in [1.165, 1.54) is 11.8 Å². The zero-order valence-electron chi connectivity index (χ0n) is 18.5. The highest BCUT2D eigenvalue weighted by Gasteiger charge is 2.21. The number of hydrogen-bond acceptors (Lipinski definition) is 4. The summed E-state index contributed by atoms with van der Waals surface area (Å²) in [6, 6.07) is 21.0. The van der Waals surface area contributed by atoms with Gasteiger partial charge < -0.3 is 5.32 Å². The number of carbonyl (C=O) groups is 1. The Kier molecular flexibility index (Phi) is 6.15. The van der Waals surface area contributed by atoms with Gasteiger partial charge in [0.2, 0.25) is 5.91 Å². The van der Waals surface area contributed by atoms with Crippen LogP contribution >= 0.6 is 11.8 Å². The summed E-state index contributed by atoms with van der Waals surface area (Å²) in [6.45, 7) is 7.78. The molecule has 4 aromatic rings. The topological polar surface area (TPSA) is 64.0 Å². The number of benzene rings is 3. The van der Waals surface area contributed by atoms with Gasteiger partial charge >= 0.3 is 0 Å². The lowest BCUT2D eigenvalue weighted by Crippen LogP contribution is -2.26. The lowest BCUT2D eigenvalue weighted by molar-refractivity contribution is -0.115. The van der Waals surface area contributed by atoms with Crippen molar-refractivity contribution < 1.29 is 4.79 Å². The Balaban J connectivity index is 1.72. The zero-order valence-corrected chi connectivity index (χ0v) is 19.4. The van der Waals surface area contributed by atoms with Crippen LogP contribution < -0.4 is 10.9 Å². The third-order valence-corrected chi connectivity index (χ3v) is 6.39. The molecule has 0 spiro atoms. The van der Waals surface area contributed by atoms with Gasteiger partial charge in [0.25, 0.3) is 5.56 Å². The van der Waals surface area contributed by atoms with E-state index in [4.69, 9.17) is 4.98 Å². The highest BCUT2D eigenvalue weighted by atomic mass is 32.2. The Bertz CT molecular complexity index is 1360. The van der Waals surface area contributed by atoms with Gasteiger partial charge in [0.15, 0.2) is 5.16 Å². The molecule has 162 valence electrons. The third-order valence-electron chi connectivity index (χ3n) is 5.34. The molecule has 1 atom stereocenters. The molecule has 4 rings (SSSR count). The van der Waals surface area contributed by atoms with Crippen LogP contribution in [-0.4, -0.2) is 20.7 Å². The van der Waals surface area contributed by atoms with Gasteiger partial charge in [0, 0.05) is 5.69 Å². The van der Waals surface area contributed by atoms with Gasteiger partial charge in [-0.05, 0) is 69.2 Å². The second-order valence-corrected chi connectivity index (χ2v) is 9.26. The van der Waals surface area contributed by atoms with Crippen molar-refractivity contribution >= 4 is 34.3 Å². The average Bonchev–Trinajstić information content (AvgIpc) is 2.77. The molecule has 5 nitrogen and oxygen atoms in total. The van der Waals surface area contributed by atoms with Gasteiger partial charge in [0.1, 0.15) is 0 Å². The zero-order chi connectivity index (χ0) is 22.8. The number of fused-ring (bicyclic) bond motifs is 1. The summed E-state index contributed by atoms with van der Waals surface area (Å²) in [5, 5.41) is 3.59. The van der Waals surface area contributed by atoms with Crippen molar-refractivity contribution in [3.63, 3.8) is 0 Å². The van der Waals surface area contributed by atoms with Gasteiger partial charge in [-0.2, -0.15) is 0 Å². The SMILES string of the molecule is Cc1ccc(-n2c(SC(C)C(=O)Nc3cc(C)ccc3C)nc3ccccc3c2=O)cc1. The maximum Gasteiger partial charge on any atom is 0.266 e. The summed E-state index contributed by atoms with van der Waals surface area (Å²) in [7, 11) is 0. The first-order valence-electron chi connectivity index (χ1n) is 10.5.